The molecule has 2 aromatic rings. The van der Waals surface area contributed by atoms with Crippen LogP contribution < -0.4 is 10.6 Å². The normalized spacial score (nSPS) is 21.3. The second kappa shape index (κ2) is 7.15. The molecular weight excluding hydrogens is 306 g/mol. The summed E-state index contributed by atoms with van der Waals surface area (Å²) < 4.78 is 0. The van der Waals surface area contributed by atoms with Crippen LogP contribution in [0, 0.1) is 12.8 Å². The molecule has 1 aromatic carbocycles. The average Bonchev–Trinajstić information content (AvgIpc) is 3.16. The minimum atomic E-state index is -0.126. The molecule has 2 heterocycles. The quantitative estimate of drug-likeness (QED) is 0.901. The molecule has 3 rings (SSSR count). The number of aryl methyl sites for hydroxylation is 1. The van der Waals surface area contributed by atoms with Crippen LogP contribution in [0.25, 0.3) is 0 Å². The van der Waals surface area contributed by atoms with Crippen LogP contribution in [-0.2, 0) is 0 Å². The molecule has 0 saturated carbocycles. The summed E-state index contributed by atoms with van der Waals surface area (Å²) in [6.07, 6.45) is 0. The molecule has 2 atom stereocenters. The first-order valence-corrected chi connectivity index (χ1v) is 8.84. The molecule has 23 heavy (non-hydrogen) atoms. The number of likely N-dealkylation sites (N-methyl/N-ethyl adjacent to an activating group) is 1. The van der Waals surface area contributed by atoms with Gasteiger partial charge in [0, 0.05) is 36.1 Å². The van der Waals surface area contributed by atoms with Crippen LogP contribution in [0.4, 0.5) is 10.5 Å². The third-order valence-corrected chi connectivity index (χ3v) is 5.45. The maximum absolute atomic E-state index is 12.2. The first-order valence-electron chi connectivity index (χ1n) is 7.96. The van der Waals surface area contributed by atoms with Crippen molar-refractivity contribution in [2.24, 2.45) is 5.92 Å². The zero-order valence-electron chi connectivity index (χ0n) is 13.6. The third-order valence-electron chi connectivity index (χ3n) is 4.45. The fraction of sp³-hybridized carbons (Fsp3) is 0.389. The Morgan fingerprint density at radius 3 is 2.83 bits per heavy atom. The predicted molar refractivity (Wildman–Crippen MR) is 96.2 cm³/mol. The molecule has 5 heteroatoms. The number of thiophene rings is 1. The van der Waals surface area contributed by atoms with Gasteiger partial charge in [-0.3, -0.25) is 0 Å². The smallest absolute Gasteiger partial charge is 0.319 e. The van der Waals surface area contributed by atoms with Crippen LogP contribution in [0.1, 0.15) is 16.4 Å². The van der Waals surface area contributed by atoms with Crippen LogP contribution in [0.2, 0.25) is 0 Å². The summed E-state index contributed by atoms with van der Waals surface area (Å²) in [6.45, 7) is 4.78. The first-order chi connectivity index (χ1) is 11.1. The van der Waals surface area contributed by atoms with Crippen molar-refractivity contribution >= 4 is 23.1 Å². The fourth-order valence-corrected chi connectivity index (χ4v) is 4.13. The lowest BCUT2D eigenvalue weighted by atomic mass is 9.94. The van der Waals surface area contributed by atoms with E-state index in [1.165, 1.54) is 4.88 Å². The first kappa shape index (κ1) is 16.0. The number of carbonyl (C=O) groups is 1. The van der Waals surface area contributed by atoms with Gasteiger partial charge in [-0.25, -0.2) is 4.79 Å². The molecule has 122 valence electrons. The lowest BCUT2D eigenvalue weighted by Crippen LogP contribution is -2.35. The number of nitrogens with one attached hydrogen (secondary N) is 2. The van der Waals surface area contributed by atoms with Crippen molar-refractivity contribution < 1.29 is 4.79 Å². The van der Waals surface area contributed by atoms with E-state index in [2.05, 4.69) is 40.1 Å². The third kappa shape index (κ3) is 3.92. The molecule has 0 bridgehead atoms. The number of para-hydroxylation sites is 1. The van der Waals surface area contributed by atoms with E-state index in [0.717, 1.165) is 24.3 Å². The largest absolute Gasteiger partial charge is 0.338 e. The summed E-state index contributed by atoms with van der Waals surface area (Å²) in [5, 5.41) is 8.10. The van der Waals surface area contributed by atoms with E-state index in [0.29, 0.717) is 18.4 Å². The van der Waals surface area contributed by atoms with Crippen molar-refractivity contribution in [1.29, 1.82) is 0 Å². The number of benzene rings is 1. The Bertz CT molecular complexity index is 656. The average molecular weight is 329 g/mol. The van der Waals surface area contributed by atoms with Gasteiger partial charge in [0.05, 0.1) is 0 Å². The lowest BCUT2D eigenvalue weighted by Gasteiger charge is -2.18. The number of urea groups is 1. The van der Waals surface area contributed by atoms with E-state index in [9.17, 15) is 4.79 Å². The summed E-state index contributed by atoms with van der Waals surface area (Å²) in [7, 11) is 2.15. The molecule has 0 unspecified atom stereocenters. The Kier molecular flexibility index (Phi) is 4.98. The van der Waals surface area contributed by atoms with Crippen molar-refractivity contribution in [3.63, 3.8) is 0 Å². The SMILES string of the molecule is Cc1ccccc1NC(=O)NC[C@@H]1CN(C)C[C@H]1c1cccs1. The highest BCUT2D eigenvalue weighted by molar-refractivity contribution is 7.10. The minimum Gasteiger partial charge on any atom is -0.338 e. The number of hydrogen-bond donors (Lipinski definition) is 2. The molecule has 0 aliphatic carbocycles. The van der Waals surface area contributed by atoms with Crippen molar-refractivity contribution in [3.05, 3.63) is 52.2 Å². The molecule has 4 nitrogen and oxygen atoms in total. The number of hydrogen-bond acceptors (Lipinski definition) is 3. The lowest BCUT2D eigenvalue weighted by molar-refractivity contribution is 0.249. The van der Waals surface area contributed by atoms with E-state index in [1.54, 1.807) is 0 Å². The second-order valence-corrected chi connectivity index (χ2v) is 7.23. The Hall–Kier alpha value is -1.85. The zero-order chi connectivity index (χ0) is 16.2. The van der Waals surface area contributed by atoms with E-state index in [1.807, 2.05) is 42.5 Å². The highest BCUT2D eigenvalue weighted by Gasteiger charge is 2.32. The topological polar surface area (TPSA) is 44.4 Å². The number of carbonyl (C=O) groups excluding carboxylic acids is 1. The number of anilines is 1. The van der Waals surface area contributed by atoms with Gasteiger partial charge in [-0.1, -0.05) is 24.3 Å². The molecule has 1 saturated heterocycles. The van der Waals surface area contributed by atoms with Crippen LogP contribution in [0.3, 0.4) is 0 Å². The zero-order valence-corrected chi connectivity index (χ0v) is 14.4. The number of rotatable bonds is 4. The Labute approximate surface area is 141 Å². The molecule has 0 radical (unpaired) electrons. The van der Waals surface area contributed by atoms with E-state index in [4.69, 9.17) is 0 Å². The van der Waals surface area contributed by atoms with Gasteiger partial charge in [0.25, 0.3) is 0 Å². The van der Waals surface area contributed by atoms with Crippen molar-refractivity contribution in [2.45, 2.75) is 12.8 Å². The molecule has 2 amide bonds. The Morgan fingerprint density at radius 1 is 1.26 bits per heavy atom. The van der Waals surface area contributed by atoms with Crippen molar-refractivity contribution in [1.82, 2.24) is 10.2 Å². The summed E-state index contributed by atoms with van der Waals surface area (Å²) in [4.78, 5) is 15.9. The van der Waals surface area contributed by atoms with Gasteiger partial charge < -0.3 is 15.5 Å². The van der Waals surface area contributed by atoms with Crippen LogP contribution in [-0.4, -0.2) is 37.6 Å². The van der Waals surface area contributed by atoms with Gasteiger partial charge in [0.15, 0.2) is 0 Å². The van der Waals surface area contributed by atoms with Gasteiger partial charge in [-0.15, -0.1) is 11.3 Å². The van der Waals surface area contributed by atoms with Crippen LogP contribution in [0.5, 0.6) is 0 Å². The van der Waals surface area contributed by atoms with E-state index >= 15 is 0 Å². The van der Waals surface area contributed by atoms with Gasteiger partial charge in [-0.05, 0) is 43.0 Å². The highest BCUT2D eigenvalue weighted by atomic mass is 32.1. The number of likely N-dealkylation sites (tertiary alicyclic amines) is 1. The van der Waals surface area contributed by atoms with Gasteiger partial charge in [0.2, 0.25) is 0 Å². The van der Waals surface area contributed by atoms with Crippen molar-refractivity contribution in [2.75, 3.05) is 32.0 Å². The standard InChI is InChI=1S/C18H23N3OS/c1-13-6-3-4-7-16(13)20-18(22)19-10-14-11-21(2)12-15(14)17-8-5-9-23-17/h3-9,14-15H,10-12H2,1-2H3,(H2,19,20,22)/t14-,15-/m1/s1. The van der Waals surface area contributed by atoms with Gasteiger partial charge in [0.1, 0.15) is 0 Å². The number of nitrogens with zero attached hydrogens (tertiary/aromatic N) is 1. The minimum absolute atomic E-state index is 0.126. The Morgan fingerprint density at radius 2 is 2.09 bits per heavy atom. The molecule has 1 fully saturated rings. The molecule has 1 aliphatic rings. The number of amides is 2. The van der Waals surface area contributed by atoms with E-state index in [-0.39, 0.29) is 6.03 Å². The van der Waals surface area contributed by atoms with Gasteiger partial charge >= 0.3 is 6.03 Å². The molecule has 0 spiro atoms. The van der Waals surface area contributed by atoms with Crippen LogP contribution in [0.15, 0.2) is 41.8 Å². The predicted octanol–water partition coefficient (Wildman–Crippen LogP) is 3.52. The summed E-state index contributed by atoms with van der Waals surface area (Å²) in [6, 6.07) is 12.0. The molecular formula is C18H23N3OS. The summed E-state index contributed by atoms with van der Waals surface area (Å²) >= 11 is 1.81. The highest BCUT2D eigenvalue weighted by Crippen LogP contribution is 2.34. The van der Waals surface area contributed by atoms with Crippen LogP contribution >= 0.6 is 11.3 Å². The van der Waals surface area contributed by atoms with Gasteiger partial charge in [-0.2, -0.15) is 0 Å². The maximum atomic E-state index is 12.2. The molecule has 2 N–H and O–H groups in total. The maximum Gasteiger partial charge on any atom is 0.319 e. The molecule has 1 aromatic heterocycles. The second-order valence-electron chi connectivity index (χ2n) is 6.25. The van der Waals surface area contributed by atoms with E-state index < -0.39 is 0 Å². The summed E-state index contributed by atoms with van der Waals surface area (Å²) in [5.41, 5.74) is 1.93. The Balaban J connectivity index is 1.57. The monoisotopic (exact) mass is 329 g/mol. The summed E-state index contributed by atoms with van der Waals surface area (Å²) in [5.74, 6) is 0.972. The molecule has 1 aliphatic heterocycles. The fourth-order valence-electron chi connectivity index (χ4n) is 3.22. The van der Waals surface area contributed by atoms with Crippen molar-refractivity contribution in [3.8, 4) is 0 Å².